The molecule has 0 radical (unpaired) electrons. The molecular formula is C25H28N4O3. The van der Waals surface area contributed by atoms with Gasteiger partial charge in [0.2, 0.25) is 5.95 Å². The predicted octanol–water partition coefficient (Wildman–Crippen LogP) is 4.60. The van der Waals surface area contributed by atoms with E-state index in [1.165, 1.54) is 0 Å². The van der Waals surface area contributed by atoms with Crippen molar-refractivity contribution >= 4 is 5.95 Å². The van der Waals surface area contributed by atoms with Gasteiger partial charge in [0.25, 0.3) is 0 Å². The summed E-state index contributed by atoms with van der Waals surface area (Å²) >= 11 is 0. The maximum absolute atomic E-state index is 5.54. The SMILES string of the molecule is C=CCOc1ccc(CNc2nc(Cc3ccc(OCC=C)cc3)nc(OCC)n2)cc1. The summed E-state index contributed by atoms with van der Waals surface area (Å²) in [5, 5.41) is 3.25. The van der Waals surface area contributed by atoms with Crippen LogP contribution < -0.4 is 19.5 Å². The molecule has 0 saturated heterocycles. The van der Waals surface area contributed by atoms with Crippen LogP contribution in [0.3, 0.4) is 0 Å². The lowest BCUT2D eigenvalue weighted by atomic mass is 10.1. The van der Waals surface area contributed by atoms with E-state index in [-0.39, 0.29) is 0 Å². The van der Waals surface area contributed by atoms with Crippen LogP contribution in [0.1, 0.15) is 23.9 Å². The van der Waals surface area contributed by atoms with Crippen molar-refractivity contribution in [3.05, 3.63) is 90.8 Å². The Balaban J connectivity index is 1.67. The highest BCUT2D eigenvalue weighted by Crippen LogP contribution is 2.17. The van der Waals surface area contributed by atoms with Crippen molar-refractivity contribution in [1.29, 1.82) is 0 Å². The van der Waals surface area contributed by atoms with Gasteiger partial charge in [0.1, 0.15) is 30.5 Å². The van der Waals surface area contributed by atoms with Crippen LogP contribution in [0.2, 0.25) is 0 Å². The molecule has 166 valence electrons. The van der Waals surface area contributed by atoms with E-state index in [0.29, 0.717) is 50.6 Å². The third-order valence-corrected chi connectivity index (χ3v) is 4.33. The van der Waals surface area contributed by atoms with E-state index in [0.717, 1.165) is 22.6 Å². The molecule has 0 aliphatic heterocycles. The lowest BCUT2D eigenvalue weighted by Crippen LogP contribution is -2.10. The number of nitrogens with zero attached hydrogens (tertiary/aromatic N) is 3. The second kappa shape index (κ2) is 12.1. The second-order valence-corrected chi connectivity index (χ2v) is 6.81. The second-order valence-electron chi connectivity index (χ2n) is 6.81. The molecule has 0 atom stereocenters. The van der Waals surface area contributed by atoms with Gasteiger partial charge in [-0.3, -0.25) is 0 Å². The number of anilines is 1. The lowest BCUT2D eigenvalue weighted by molar-refractivity contribution is 0.310. The zero-order chi connectivity index (χ0) is 22.6. The van der Waals surface area contributed by atoms with E-state index in [1.807, 2.05) is 55.5 Å². The molecule has 0 amide bonds. The van der Waals surface area contributed by atoms with Gasteiger partial charge in [-0.05, 0) is 42.3 Å². The highest BCUT2D eigenvalue weighted by atomic mass is 16.5. The van der Waals surface area contributed by atoms with Crippen LogP contribution in [0.4, 0.5) is 5.95 Å². The molecule has 0 unspecified atom stereocenters. The Labute approximate surface area is 188 Å². The van der Waals surface area contributed by atoms with Crippen molar-refractivity contribution in [1.82, 2.24) is 15.0 Å². The van der Waals surface area contributed by atoms with Gasteiger partial charge in [-0.25, -0.2) is 0 Å². The summed E-state index contributed by atoms with van der Waals surface area (Å²) in [4.78, 5) is 13.4. The zero-order valence-corrected chi connectivity index (χ0v) is 18.3. The third-order valence-electron chi connectivity index (χ3n) is 4.33. The number of benzene rings is 2. The highest BCUT2D eigenvalue weighted by molar-refractivity contribution is 5.34. The molecule has 1 aromatic heterocycles. The molecule has 0 spiro atoms. The first-order valence-electron chi connectivity index (χ1n) is 10.5. The average molecular weight is 433 g/mol. The lowest BCUT2D eigenvalue weighted by Gasteiger charge is -2.10. The van der Waals surface area contributed by atoms with Crippen molar-refractivity contribution in [2.24, 2.45) is 0 Å². The van der Waals surface area contributed by atoms with E-state index in [4.69, 9.17) is 14.2 Å². The minimum absolute atomic E-state index is 0.305. The van der Waals surface area contributed by atoms with Crippen LogP contribution in [0.5, 0.6) is 17.5 Å². The van der Waals surface area contributed by atoms with Crippen LogP contribution in [0.25, 0.3) is 0 Å². The molecule has 7 nitrogen and oxygen atoms in total. The molecular weight excluding hydrogens is 404 g/mol. The summed E-state index contributed by atoms with van der Waals surface area (Å²) in [7, 11) is 0. The Hall–Kier alpha value is -3.87. The highest BCUT2D eigenvalue weighted by Gasteiger charge is 2.09. The first-order valence-corrected chi connectivity index (χ1v) is 10.5. The molecule has 1 N–H and O–H groups in total. The van der Waals surface area contributed by atoms with E-state index >= 15 is 0 Å². The van der Waals surface area contributed by atoms with Crippen molar-refractivity contribution in [3.8, 4) is 17.5 Å². The Morgan fingerprint density at radius 3 is 1.94 bits per heavy atom. The number of ether oxygens (including phenoxy) is 3. The third kappa shape index (κ3) is 7.12. The van der Waals surface area contributed by atoms with E-state index in [9.17, 15) is 0 Å². The van der Waals surface area contributed by atoms with Crippen molar-refractivity contribution < 1.29 is 14.2 Å². The Morgan fingerprint density at radius 2 is 1.38 bits per heavy atom. The molecule has 2 aromatic carbocycles. The minimum Gasteiger partial charge on any atom is -0.490 e. The Kier molecular flexibility index (Phi) is 8.62. The van der Waals surface area contributed by atoms with Crippen molar-refractivity contribution in [2.45, 2.75) is 19.9 Å². The summed E-state index contributed by atoms with van der Waals surface area (Å²) in [5.74, 6) is 2.69. The van der Waals surface area contributed by atoms with Gasteiger partial charge in [0.15, 0.2) is 0 Å². The topological polar surface area (TPSA) is 78.4 Å². The fraction of sp³-hybridized carbons (Fsp3) is 0.240. The molecule has 0 aliphatic rings. The largest absolute Gasteiger partial charge is 0.490 e. The quantitative estimate of drug-likeness (QED) is 0.395. The smallest absolute Gasteiger partial charge is 0.321 e. The number of hydrogen-bond acceptors (Lipinski definition) is 7. The van der Waals surface area contributed by atoms with Gasteiger partial charge in [-0.1, -0.05) is 49.6 Å². The fourth-order valence-electron chi connectivity index (χ4n) is 2.83. The van der Waals surface area contributed by atoms with Gasteiger partial charge in [0.05, 0.1) is 6.61 Å². The standard InChI is InChI=1S/C25H28N4O3/c1-4-15-31-21-11-7-19(8-12-21)17-23-27-24(29-25(28-23)30-6-3)26-18-20-9-13-22(14-10-20)32-16-5-2/h4-5,7-14H,1-2,6,15-18H2,3H3,(H,26,27,28,29). The normalized spacial score (nSPS) is 10.3. The van der Waals surface area contributed by atoms with E-state index in [1.54, 1.807) is 12.2 Å². The first-order chi connectivity index (χ1) is 15.7. The molecule has 32 heavy (non-hydrogen) atoms. The summed E-state index contributed by atoms with van der Waals surface area (Å²) in [6, 6.07) is 16.0. The maximum Gasteiger partial charge on any atom is 0.321 e. The van der Waals surface area contributed by atoms with Gasteiger partial charge >= 0.3 is 6.01 Å². The Bertz CT molecular complexity index is 1000. The van der Waals surface area contributed by atoms with Crippen molar-refractivity contribution in [2.75, 3.05) is 25.1 Å². The molecule has 0 saturated carbocycles. The summed E-state index contributed by atoms with van der Waals surface area (Å²) in [6.45, 7) is 11.2. The van der Waals surface area contributed by atoms with E-state index in [2.05, 4.69) is 33.4 Å². The number of nitrogens with one attached hydrogen (secondary N) is 1. The molecule has 0 fully saturated rings. The van der Waals surface area contributed by atoms with Crippen LogP contribution in [0.15, 0.2) is 73.8 Å². The van der Waals surface area contributed by atoms with Gasteiger partial charge in [-0.2, -0.15) is 15.0 Å². The Morgan fingerprint density at radius 1 is 0.781 bits per heavy atom. The molecule has 3 rings (SSSR count). The minimum atomic E-state index is 0.305. The van der Waals surface area contributed by atoms with Gasteiger partial charge < -0.3 is 19.5 Å². The molecule has 3 aromatic rings. The van der Waals surface area contributed by atoms with Crippen LogP contribution in [-0.2, 0) is 13.0 Å². The predicted molar refractivity (Wildman–Crippen MR) is 125 cm³/mol. The zero-order valence-electron chi connectivity index (χ0n) is 18.3. The van der Waals surface area contributed by atoms with Crippen LogP contribution in [0, 0.1) is 0 Å². The molecule has 0 aliphatic carbocycles. The molecule has 0 bridgehead atoms. The molecule has 1 heterocycles. The number of aromatic nitrogens is 3. The summed E-state index contributed by atoms with van der Waals surface area (Å²) in [5.41, 5.74) is 2.14. The average Bonchev–Trinajstić information content (AvgIpc) is 2.82. The summed E-state index contributed by atoms with van der Waals surface area (Å²) in [6.07, 6.45) is 3.98. The van der Waals surface area contributed by atoms with Gasteiger partial charge in [0, 0.05) is 13.0 Å². The maximum atomic E-state index is 5.54. The van der Waals surface area contributed by atoms with E-state index < -0.39 is 0 Å². The first kappa shape index (κ1) is 22.8. The monoisotopic (exact) mass is 432 g/mol. The van der Waals surface area contributed by atoms with Crippen LogP contribution >= 0.6 is 0 Å². The van der Waals surface area contributed by atoms with Crippen molar-refractivity contribution in [3.63, 3.8) is 0 Å². The molecule has 7 heteroatoms. The van der Waals surface area contributed by atoms with Gasteiger partial charge in [-0.15, -0.1) is 0 Å². The fourth-order valence-corrected chi connectivity index (χ4v) is 2.83. The summed E-state index contributed by atoms with van der Waals surface area (Å²) < 4.78 is 16.6. The number of hydrogen-bond donors (Lipinski definition) is 1. The number of rotatable bonds is 13. The van der Waals surface area contributed by atoms with Crippen LogP contribution in [-0.4, -0.2) is 34.8 Å².